The molecule has 4 heterocycles. The second-order valence-corrected chi connectivity index (χ2v) is 14.9. The number of thioether (sulfide) groups is 1. The fraction of sp³-hybridized carbons (Fsp3) is 0.514. The molecule has 6 rings (SSSR count). The van der Waals surface area contributed by atoms with Crippen LogP contribution < -0.4 is 0 Å². The van der Waals surface area contributed by atoms with Gasteiger partial charge in [0.25, 0.3) is 0 Å². The number of aromatic nitrogens is 2. The molecule has 3 aliphatic rings. The molecule has 2 amide bonds. The highest BCUT2D eigenvalue weighted by Gasteiger charge is 2.38. The van der Waals surface area contributed by atoms with E-state index in [1.54, 1.807) is 23.1 Å². The maximum absolute atomic E-state index is 13.6. The van der Waals surface area contributed by atoms with Crippen molar-refractivity contribution in [1.82, 2.24) is 19.6 Å². The third-order valence-electron chi connectivity index (χ3n) is 8.61. The van der Waals surface area contributed by atoms with E-state index in [9.17, 15) is 35.9 Å². The van der Waals surface area contributed by atoms with Gasteiger partial charge in [0.2, 0.25) is 0 Å². The lowest BCUT2D eigenvalue weighted by Gasteiger charge is -2.24. The van der Waals surface area contributed by atoms with Crippen molar-refractivity contribution in [2.24, 2.45) is 4.99 Å². The zero-order valence-corrected chi connectivity index (χ0v) is 31.4. The highest BCUT2D eigenvalue weighted by molar-refractivity contribution is 8.18. The molecule has 3 aliphatic heterocycles. The number of nitrogens with zero attached hydrogens (tertiary/aromatic N) is 5. The highest BCUT2D eigenvalue weighted by Crippen LogP contribution is 2.38. The summed E-state index contributed by atoms with van der Waals surface area (Å²) in [5.74, 6) is 0.588. The van der Waals surface area contributed by atoms with Gasteiger partial charge in [-0.1, -0.05) is 12.1 Å². The van der Waals surface area contributed by atoms with Crippen LogP contribution in [-0.2, 0) is 33.1 Å². The van der Waals surface area contributed by atoms with Gasteiger partial charge < -0.3 is 24.0 Å². The van der Waals surface area contributed by atoms with Crippen molar-refractivity contribution in [1.29, 1.82) is 0 Å². The lowest BCUT2D eigenvalue weighted by atomic mass is 10.0. The Morgan fingerprint density at radius 1 is 0.926 bits per heavy atom. The molecular formula is C37H43F6N5O5S. The predicted octanol–water partition coefficient (Wildman–Crippen LogP) is 8.87. The van der Waals surface area contributed by atoms with Crippen molar-refractivity contribution in [2.75, 3.05) is 39.4 Å². The number of amidine groups is 1. The van der Waals surface area contributed by atoms with Crippen molar-refractivity contribution >= 4 is 45.9 Å². The largest absolute Gasteiger partial charge is 0.444 e. The number of halogens is 6. The number of rotatable bonds is 7. The van der Waals surface area contributed by atoms with E-state index in [2.05, 4.69) is 10.1 Å². The van der Waals surface area contributed by atoms with Crippen LogP contribution in [-0.4, -0.2) is 94.0 Å². The first kappa shape index (κ1) is 41.1. The molecule has 2 atom stereocenters. The first-order chi connectivity index (χ1) is 25.3. The van der Waals surface area contributed by atoms with Crippen LogP contribution in [0.5, 0.6) is 0 Å². The molecule has 2 fully saturated rings. The quantitative estimate of drug-likeness (QED) is 0.219. The molecule has 10 nitrogen and oxygen atoms in total. The number of aliphatic imine (C=N–C) groups is 1. The average Bonchev–Trinajstić information content (AvgIpc) is 3.87. The number of fused-ring (bicyclic) bond motifs is 1. The fourth-order valence-corrected chi connectivity index (χ4v) is 7.04. The fourth-order valence-electron chi connectivity index (χ4n) is 6.26. The van der Waals surface area contributed by atoms with Crippen LogP contribution in [0.2, 0.25) is 0 Å². The van der Waals surface area contributed by atoms with Crippen molar-refractivity contribution in [3.63, 3.8) is 0 Å². The molecule has 2 saturated heterocycles. The van der Waals surface area contributed by atoms with Gasteiger partial charge in [0, 0.05) is 44.4 Å². The van der Waals surface area contributed by atoms with Crippen LogP contribution >= 0.6 is 11.8 Å². The number of benzene rings is 2. The summed E-state index contributed by atoms with van der Waals surface area (Å²) in [5, 5.41) is 4.60. The van der Waals surface area contributed by atoms with Gasteiger partial charge in [-0.25, -0.2) is 4.79 Å². The maximum atomic E-state index is 13.6. The van der Waals surface area contributed by atoms with E-state index in [1.165, 1.54) is 10.9 Å². The van der Waals surface area contributed by atoms with E-state index in [-0.39, 0.29) is 41.7 Å². The zero-order chi connectivity index (χ0) is 39.4. The molecule has 2 unspecified atom stereocenters. The molecule has 0 aliphatic carbocycles. The third-order valence-corrected chi connectivity index (χ3v) is 9.40. The number of hydrogen-bond donors (Lipinski definition) is 0. The maximum Gasteiger partial charge on any atom is 0.416 e. The van der Waals surface area contributed by atoms with Crippen molar-refractivity contribution in [3.8, 4) is 0 Å². The summed E-state index contributed by atoms with van der Waals surface area (Å²) in [7, 11) is 0. The van der Waals surface area contributed by atoms with Gasteiger partial charge in [-0.05, 0) is 101 Å². The SMILES string of the molecule is CCOC1CCN(C(=O)OC(C)(C)C)C1.CCOC1CCN(C2=NC(=O)S/C2=C\c2ccc3nn(Cc4ccc(C(F)(F)F)cc4C(F)(F)F)cc3c2)C1. The minimum Gasteiger partial charge on any atom is -0.444 e. The summed E-state index contributed by atoms with van der Waals surface area (Å²) in [6, 6.07) is 6.82. The molecular weight excluding hydrogens is 740 g/mol. The van der Waals surface area contributed by atoms with Gasteiger partial charge in [0.1, 0.15) is 11.4 Å². The summed E-state index contributed by atoms with van der Waals surface area (Å²) < 4.78 is 97.3. The van der Waals surface area contributed by atoms with Crippen LogP contribution in [0.15, 0.2) is 52.5 Å². The van der Waals surface area contributed by atoms with Crippen LogP contribution in [0, 0.1) is 0 Å². The molecule has 54 heavy (non-hydrogen) atoms. The molecule has 3 aromatic rings. The van der Waals surface area contributed by atoms with Gasteiger partial charge in [0.15, 0.2) is 0 Å². The number of alkyl halides is 6. The Morgan fingerprint density at radius 3 is 2.26 bits per heavy atom. The summed E-state index contributed by atoms with van der Waals surface area (Å²) in [5.41, 5.74) is -2.23. The molecule has 0 radical (unpaired) electrons. The molecule has 294 valence electrons. The summed E-state index contributed by atoms with van der Waals surface area (Å²) in [6.07, 6.45) is -4.74. The zero-order valence-electron chi connectivity index (χ0n) is 30.6. The van der Waals surface area contributed by atoms with E-state index < -0.39 is 29.1 Å². The van der Waals surface area contributed by atoms with Crippen molar-refractivity contribution in [3.05, 3.63) is 69.8 Å². The third kappa shape index (κ3) is 10.8. The Kier molecular flexibility index (Phi) is 12.7. The Bertz CT molecular complexity index is 1890. The molecule has 0 bridgehead atoms. The predicted molar refractivity (Wildman–Crippen MR) is 193 cm³/mol. The van der Waals surface area contributed by atoms with Crippen LogP contribution in [0.4, 0.5) is 35.9 Å². The number of carbonyl (C=O) groups excluding carboxylic acids is 2. The Morgan fingerprint density at radius 2 is 1.61 bits per heavy atom. The lowest BCUT2D eigenvalue weighted by Crippen LogP contribution is -2.36. The van der Waals surface area contributed by atoms with Crippen LogP contribution in [0.3, 0.4) is 0 Å². The van der Waals surface area contributed by atoms with Crippen molar-refractivity contribution in [2.45, 2.75) is 84.2 Å². The van der Waals surface area contributed by atoms with E-state index in [4.69, 9.17) is 14.2 Å². The van der Waals surface area contributed by atoms with E-state index in [0.29, 0.717) is 60.6 Å². The molecule has 0 saturated carbocycles. The average molecular weight is 784 g/mol. The monoisotopic (exact) mass is 783 g/mol. The molecule has 0 N–H and O–H groups in total. The van der Waals surface area contributed by atoms with Crippen molar-refractivity contribution < 1.29 is 50.1 Å². The minimum atomic E-state index is -4.96. The summed E-state index contributed by atoms with van der Waals surface area (Å²) in [4.78, 5) is 32.3. The first-order valence-electron chi connectivity index (χ1n) is 17.6. The summed E-state index contributed by atoms with van der Waals surface area (Å²) in [6.45, 7) is 13.2. The molecule has 0 spiro atoms. The van der Waals surface area contributed by atoms with Gasteiger partial charge in [-0.2, -0.15) is 36.4 Å². The number of carbonyl (C=O) groups is 2. The number of likely N-dealkylation sites (tertiary alicyclic amines) is 2. The second kappa shape index (κ2) is 16.7. The first-order valence-corrected chi connectivity index (χ1v) is 18.4. The van der Waals surface area contributed by atoms with Gasteiger partial charge in [-0.3, -0.25) is 9.48 Å². The number of amides is 2. The second-order valence-electron chi connectivity index (χ2n) is 13.9. The topological polar surface area (TPSA) is 98.5 Å². The minimum absolute atomic E-state index is 0.0735. The lowest BCUT2D eigenvalue weighted by molar-refractivity contribution is -0.143. The Labute approximate surface area is 313 Å². The summed E-state index contributed by atoms with van der Waals surface area (Å²) >= 11 is 1.02. The molecule has 2 aromatic carbocycles. The van der Waals surface area contributed by atoms with Crippen LogP contribution in [0.1, 0.15) is 69.7 Å². The van der Waals surface area contributed by atoms with Crippen LogP contribution in [0.25, 0.3) is 17.0 Å². The smallest absolute Gasteiger partial charge is 0.416 e. The van der Waals surface area contributed by atoms with E-state index in [0.717, 1.165) is 42.8 Å². The normalized spacial score (nSPS) is 20.2. The Balaban J connectivity index is 0.000000314. The van der Waals surface area contributed by atoms with E-state index in [1.807, 2.05) is 45.6 Å². The van der Waals surface area contributed by atoms with Gasteiger partial charge >= 0.3 is 23.7 Å². The van der Waals surface area contributed by atoms with Gasteiger partial charge in [-0.15, -0.1) is 0 Å². The molecule has 17 heteroatoms. The molecule has 1 aromatic heterocycles. The number of ether oxygens (including phenoxy) is 3. The van der Waals surface area contributed by atoms with E-state index >= 15 is 0 Å². The van der Waals surface area contributed by atoms with Gasteiger partial charge in [0.05, 0.1) is 46.8 Å². The standard InChI is InChI=1S/C26H22F6N4O2S.C11H21NO3/c1-2-38-19-7-8-35(14-19)23-22(39-24(37)33-23)10-15-3-6-21-17(9-15)13-36(34-21)12-16-4-5-18(25(27,28)29)11-20(16)26(30,31)32;1-5-14-9-6-7-12(8-9)10(13)15-11(2,3)4/h3-6,9-11,13,19H,2,7-8,12,14H2,1H3;9H,5-8H2,1-4H3/b22-10-;. The highest BCUT2D eigenvalue weighted by atomic mass is 32.2. The Hall–Kier alpha value is -4.09. The number of hydrogen-bond acceptors (Lipinski definition) is 8.